The molecule has 0 saturated heterocycles. The van der Waals surface area contributed by atoms with Crippen molar-refractivity contribution < 1.29 is 22.3 Å². The number of benzene rings is 1. The number of ether oxygens (including phenoxy) is 2. The number of rotatable bonds is 3. The van der Waals surface area contributed by atoms with Crippen molar-refractivity contribution in [2.45, 2.75) is 4.90 Å². The summed E-state index contributed by atoms with van der Waals surface area (Å²) in [5, 5.41) is 0. The standard InChI is InChI=1S/C8H8BrFO4S/c1-13-6-3-5(10)8(15(9,11)12)4-7(6)14-2/h3-4H,1-2H3. The van der Waals surface area contributed by atoms with Crippen molar-refractivity contribution in [3.63, 3.8) is 0 Å². The highest BCUT2D eigenvalue weighted by atomic mass is 79.9. The second-order valence-electron chi connectivity index (χ2n) is 2.58. The number of halogens is 2. The van der Waals surface area contributed by atoms with Gasteiger partial charge in [-0.25, -0.2) is 12.8 Å². The molecule has 0 amide bonds. The maximum absolute atomic E-state index is 13.3. The summed E-state index contributed by atoms with van der Waals surface area (Å²) in [5.41, 5.74) is 0. The van der Waals surface area contributed by atoms with Gasteiger partial charge in [-0.3, -0.25) is 0 Å². The van der Waals surface area contributed by atoms with Gasteiger partial charge in [0.05, 0.1) is 29.0 Å². The Labute approximate surface area is 94.1 Å². The first kappa shape index (κ1) is 12.3. The second-order valence-corrected chi connectivity index (χ2v) is 6.45. The van der Waals surface area contributed by atoms with Crippen molar-refractivity contribution >= 4 is 23.1 Å². The van der Waals surface area contributed by atoms with Crippen molar-refractivity contribution in [3.05, 3.63) is 17.9 Å². The lowest BCUT2D eigenvalue weighted by atomic mass is 10.3. The normalized spacial score (nSPS) is 11.2. The monoisotopic (exact) mass is 298 g/mol. The Morgan fingerprint density at radius 2 is 1.67 bits per heavy atom. The van der Waals surface area contributed by atoms with E-state index in [0.717, 1.165) is 12.1 Å². The first-order valence-corrected chi connectivity index (χ1v) is 7.09. The molecule has 0 aromatic heterocycles. The van der Waals surface area contributed by atoms with Crippen LogP contribution in [0.15, 0.2) is 17.0 Å². The minimum atomic E-state index is -3.79. The Morgan fingerprint density at radius 1 is 1.20 bits per heavy atom. The van der Waals surface area contributed by atoms with Crippen LogP contribution in [0, 0.1) is 5.82 Å². The zero-order valence-electron chi connectivity index (χ0n) is 7.95. The molecule has 84 valence electrons. The summed E-state index contributed by atoms with van der Waals surface area (Å²) >= 11 is 2.38. The third-order valence-corrected chi connectivity index (χ3v) is 3.59. The van der Waals surface area contributed by atoms with E-state index in [1.807, 2.05) is 0 Å². The van der Waals surface area contributed by atoms with Crippen molar-refractivity contribution in [3.8, 4) is 11.5 Å². The lowest BCUT2D eigenvalue weighted by Crippen LogP contribution is -1.98. The Bertz CT molecular complexity index is 472. The molecule has 0 spiro atoms. The van der Waals surface area contributed by atoms with Crippen molar-refractivity contribution in [1.82, 2.24) is 0 Å². The first-order valence-electron chi connectivity index (χ1n) is 3.76. The van der Waals surface area contributed by atoms with E-state index in [9.17, 15) is 12.8 Å². The van der Waals surface area contributed by atoms with Crippen LogP contribution in [0.5, 0.6) is 11.5 Å². The Morgan fingerprint density at radius 3 is 2.07 bits per heavy atom. The van der Waals surface area contributed by atoms with Gasteiger partial charge in [0.1, 0.15) is 10.7 Å². The lowest BCUT2D eigenvalue weighted by Gasteiger charge is -2.09. The third-order valence-electron chi connectivity index (χ3n) is 1.70. The van der Waals surface area contributed by atoms with Gasteiger partial charge in [-0.2, -0.15) is 0 Å². The van der Waals surface area contributed by atoms with E-state index in [-0.39, 0.29) is 11.5 Å². The minimum absolute atomic E-state index is 0.134. The van der Waals surface area contributed by atoms with Crippen LogP contribution < -0.4 is 9.47 Å². The van der Waals surface area contributed by atoms with Crippen LogP contribution in [0.2, 0.25) is 0 Å². The van der Waals surface area contributed by atoms with Crippen LogP contribution in [-0.2, 0) is 8.27 Å². The smallest absolute Gasteiger partial charge is 0.240 e. The van der Waals surface area contributed by atoms with E-state index in [1.54, 1.807) is 0 Å². The summed E-state index contributed by atoms with van der Waals surface area (Å²) < 4.78 is 45.2. The van der Waals surface area contributed by atoms with E-state index < -0.39 is 19.0 Å². The van der Waals surface area contributed by atoms with Crippen molar-refractivity contribution in [1.29, 1.82) is 0 Å². The van der Waals surface area contributed by atoms with Gasteiger partial charge in [0, 0.05) is 12.1 Å². The average molecular weight is 299 g/mol. The molecule has 0 heterocycles. The van der Waals surface area contributed by atoms with Gasteiger partial charge in [0.15, 0.2) is 11.5 Å². The summed E-state index contributed by atoms with van der Waals surface area (Å²) in [6.45, 7) is 0. The van der Waals surface area contributed by atoms with Crippen LogP contribution in [0.1, 0.15) is 0 Å². The SMILES string of the molecule is COc1cc(F)c(S(=O)(=O)Br)cc1OC. The van der Waals surface area contributed by atoms with Crippen molar-refractivity contribution in [2.24, 2.45) is 0 Å². The van der Waals surface area contributed by atoms with E-state index in [2.05, 4.69) is 14.8 Å². The summed E-state index contributed by atoms with van der Waals surface area (Å²) in [6, 6.07) is 2.01. The number of hydrogen-bond donors (Lipinski definition) is 0. The van der Waals surface area contributed by atoms with Crippen molar-refractivity contribution in [2.75, 3.05) is 14.2 Å². The van der Waals surface area contributed by atoms with Crippen LogP contribution in [0.3, 0.4) is 0 Å². The molecule has 0 saturated carbocycles. The van der Waals surface area contributed by atoms with E-state index in [4.69, 9.17) is 9.47 Å². The lowest BCUT2D eigenvalue weighted by molar-refractivity contribution is 0.350. The minimum Gasteiger partial charge on any atom is -0.493 e. The number of hydrogen-bond acceptors (Lipinski definition) is 4. The molecule has 0 radical (unpaired) electrons. The molecule has 7 heteroatoms. The summed E-state index contributed by atoms with van der Waals surface area (Å²) in [5.74, 6) is -0.614. The van der Waals surface area contributed by atoms with Gasteiger partial charge in [-0.1, -0.05) is 0 Å². The Hall–Kier alpha value is -0.820. The molecular weight excluding hydrogens is 291 g/mol. The summed E-state index contributed by atoms with van der Waals surface area (Å²) in [4.78, 5) is -0.486. The number of methoxy groups -OCH3 is 2. The highest BCUT2D eigenvalue weighted by molar-refractivity contribution is 9.47. The molecule has 0 atom stereocenters. The predicted molar refractivity (Wildman–Crippen MR) is 55.6 cm³/mol. The quantitative estimate of drug-likeness (QED) is 0.800. The van der Waals surface area contributed by atoms with Gasteiger partial charge >= 0.3 is 0 Å². The maximum atomic E-state index is 13.3. The molecule has 4 nitrogen and oxygen atoms in total. The first-order chi connectivity index (χ1) is 6.90. The van der Waals surface area contributed by atoms with Crippen LogP contribution >= 0.6 is 14.8 Å². The van der Waals surface area contributed by atoms with Gasteiger partial charge in [-0.05, 0) is 0 Å². The highest BCUT2D eigenvalue weighted by Crippen LogP contribution is 2.33. The third kappa shape index (κ3) is 2.60. The molecule has 15 heavy (non-hydrogen) atoms. The largest absolute Gasteiger partial charge is 0.493 e. The fourth-order valence-corrected chi connectivity index (χ4v) is 2.31. The molecule has 1 aromatic rings. The summed E-state index contributed by atoms with van der Waals surface area (Å²) in [6.07, 6.45) is 0. The molecular formula is C8H8BrFO4S. The molecule has 0 aliphatic heterocycles. The second kappa shape index (κ2) is 4.36. The molecule has 1 rings (SSSR count). The van der Waals surface area contributed by atoms with Crippen LogP contribution in [0.4, 0.5) is 4.39 Å². The Balaban J connectivity index is 3.46. The van der Waals surface area contributed by atoms with E-state index in [0.29, 0.717) is 0 Å². The fraction of sp³-hybridized carbons (Fsp3) is 0.250. The van der Waals surface area contributed by atoms with Gasteiger partial charge in [0.25, 0.3) is 0 Å². The van der Waals surface area contributed by atoms with Crippen LogP contribution in [0.25, 0.3) is 0 Å². The highest BCUT2D eigenvalue weighted by Gasteiger charge is 2.19. The van der Waals surface area contributed by atoms with Gasteiger partial charge < -0.3 is 9.47 Å². The molecule has 0 aliphatic carbocycles. The average Bonchev–Trinajstić information content (AvgIpc) is 2.15. The zero-order chi connectivity index (χ0) is 11.6. The molecule has 0 unspecified atom stereocenters. The molecule has 0 fully saturated rings. The van der Waals surface area contributed by atoms with Crippen LogP contribution in [-0.4, -0.2) is 22.6 Å². The zero-order valence-corrected chi connectivity index (χ0v) is 10.4. The van der Waals surface area contributed by atoms with Gasteiger partial charge in [-0.15, -0.1) is 0 Å². The molecule has 0 bridgehead atoms. The maximum Gasteiger partial charge on any atom is 0.240 e. The van der Waals surface area contributed by atoms with E-state index >= 15 is 0 Å². The van der Waals surface area contributed by atoms with E-state index in [1.165, 1.54) is 14.2 Å². The molecule has 1 aromatic carbocycles. The molecule has 0 N–H and O–H groups in total. The topological polar surface area (TPSA) is 52.6 Å². The van der Waals surface area contributed by atoms with Gasteiger partial charge in [0.2, 0.25) is 8.27 Å². The molecule has 0 aliphatic rings. The Kier molecular flexibility index (Phi) is 3.56. The predicted octanol–water partition coefficient (Wildman–Crippen LogP) is 1.93. The fourth-order valence-electron chi connectivity index (χ4n) is 1.02. The summed E-state index contributed by atoms with van der Waals surface area (Å²) in [7, 11) is -1.12.